The maximum Gasteiger partial charge on any atom is 0.137 e. The normalized spacial score (nSPS) is 15.8. The Hall–Kier alpha value is -1.14. The Kier molecular flexibility index (Phi) is 4.65. The first-order valence-electron chi connectivity index (χ1n) is 6.08. The lowest BCUT2D eigenvalue weighted by Crippen LogP contribution is -2.40. The first kappa shape index (κ1) is 15.3. The van der Waals surface area contributed by atoms with Crippen molar-refractivity contribution in [3.63, 3.8) is 0 Å². The fourth-order valence-corrected chi connectivity index (χ4v) is 2.63. The van der Waals surface area contributed by atoms with Gasteiger partial charge in [0.15, 0.2) is 0 Å². The SMILES string of the molecule is C[C@H](CO)C(O)(Cn1cncn1)c1ccc(Cl)cc1Cl. The quantitative estimate of drug-likeness (QED) is 0.886. The molecule has 2 atom stereocenters. The van der Waals surface area contributed by atoms with Crippen LogP contribution in [-0.2, 0) is 12.1 Å². The van der Waals surface area contributed by atoms with E-state index in [1.165, 1.54) is 17.3 Å². The van der Waals surface area contributed by atoms with E-state index in [4.69, 9.17) is 23.2 Å². The Morgan fingerprint density at radius 1 is 1.40 bits per heavy atom. The molecule has 5 nitrogen and oxygen atoms in total. The zero-order valence-electron chi connectivity index (χ0n) is 10.9. The van der Waals surface area contributed by atoms with Gasteiger partial charge in [-0.1, -0.05) is 36.2 Å². The van der Waals surface area contributed by atoms with Gasteiger partial charge in [-0.15, -0.1) is 0 Å². The second-order valence-corrected chi connectivity index (χ2v) is 5.57. The average Bonchev–Trinajstić information content (AvgIpc) is 2.90. The van der Waals surface area contributed by atoms with E-state index >= 15 is 0 Å². The van der Waals surface area contributed by atoms with Crippen molar-refractivity contribution in [2.24, 2.45) is 5.92 Å². The van der Waals surface area contributed by atoms with Gasteiger partial charge in [0.25, 0.3) is 0 Å². The maximum absolute atomic E-state index is 11.0. The highest BCUT2D eigenvalue weighted by Crippen LogP contribution is 2.36. The summed E-state index contributed by atoms with van der Waals surface area (Å²) in [5, 5.41) is 25.3. The van der Waals surface area contributed by atoms with E-state index in [0.29, 0.717) is 15.6 Å². The third-order valence-electron chi connectivity index (χ3n) is 3.36. The van der Waals surface area contributed by atoms with Crippen LogP contribution in [0.3, 0.4) is 0 Å². The molecular formula is C13H15Cl2N3O2. The number of rotatable bonds is 5. The van der Waals surface area contributed by atoms with Gasteiger partial charge in [-0.3, -0.25) is 0 Å². The molecule has 1 unspecified atom stereocenters. The van der Waals surface area contributed by atoms with Crippen LogP contribution in [0.1, 0.15) is 12.5 Å². The molecule has 0 amide bonds. The molecule has 1 heterocycles. The maximum atomic E-state index is 11.0. The largest absolute Gasteiger partial charge is 0.396 e. The number of aliphatic hydroxyl groups excluding tert-OH is 1. The summed E-state index contributed by atoms with van der Waals surface area (Å²) in [4.78, 5) is 3.85. The lowest BCUT2D eigenvalue weighted by molar-refractivity contribution is -0.0539. The molecule has 2 aromatic rings. The van der Waals surface area contributed by atoms with Crippen LogP contribution in [0.25, 0.3) is 0 Å². The fraction of sp³-hybridized carbons (Fsp3) is 0.385. The second-order valence-electron chi connectivity index (χ2n) is 4.73. The van der Waals surface area contributed by atoms with Crippen LogP contribution < -0.4 is 0 Å². The van der Waals surface area contributed by atoms with Crippen LogP contribution in [0.15, 0.2) is 30.9 Å². The molecule has 0 saturated carbocycles. The van der Waals surface area contributed by atoms with Crippen molar-refractivity contribution < 1.29 is 10.2 Å². The number of nitrogens with zero attached hydrogens (tertiary/aromatic N) is 3. The number of hydrogen-bond acceptors (Lipinski definition) is 4. The van der Waals surface area contributed by atoms with E-state index in [1.807, 2.05) is 0 Å². The zero-order valence-corrected chi connectivity index (χ0v) is 12.4. The highest BCUT2D eigenvalue weighted by molar-refractivity contribution is 6.35. The van der Waals surface area contributed by atoms with Gasteiger partial charge in [0.1, 0.15) is 18.3 Å². The van der Waals surface area contributed by atoms with Gasteiger partial charge in [0.2, 0.25) is 0 Å². The summed E-state index contributed by atoms with van der Waals surface area (Å²) in [6.07, 6.45) is 2.88. The van der Waals surface area contributed by atoms with Crippen molar-refractivity contribution in [1.29, 1.82) is 0 Å². The van der Waals surface area contributed by atoms with E-state index in [-0.39, 0.29) is 13.2 Å². The third kappa shape index (κ3) is 2.96. The molecule has 20 heavy (non-hydrogen) atoms. The molecule has 0 saturated heterocycles. The van der Waals surface area contributed by atoms with Crippen molar-refractivity contribution in [2.75, 3.05) is 6.61 Å². The van der Waals surface area contributed by atoms with Gasteiger partial charge in [-0.05, 0) is 12.1 Å². The fourth-order valence-electron chi connectivity index (χ4n) is 2.06. The number of aliphatic hydroxyl groups is 2. The summed E-state index contributed by atoms with van der Waals surface area (Å²) in [6.45, 7) is 1.68. The smallest absolute Gasteiger partial charge is 0.137 e. The average molecular weight is 316 g/mol. The topological polar surface area (TPSA) is 71.2 Å². The molecule has 7 heteroatoms. The Morgan fingerprint density at radius 2 is 2.15 bits per heavy atom. The number of aromatic nitrogens is 3. The van der Waals surface area contributed by atoms with Crippen LogP contribution in [0.4, 0.5) is 0 Å². The number of hydrogen-bond donors (Lipinski definition) is 2. The molecule has 0 aliphatic carbocycles. The van der Waals surface area contributed by atoms with Crippen molar-refractivity contribution in [2.45, 2.75) is 19.1 Å². The molecule has 0 radical (unpaired) electrons. The predicted molar refractivity (Wildman–Crippen MR) is 76.6 cm³/mol. The first-order valence-corrected chi connectivity index (χ1v) is 6.84. The van der Waals surface area contributed by atoms with Gasteiger partial charge in [-0.25, -0.2) is 9.67 Å². The van der Waals surface area contributed by atoms with E-state index in [0.717, 1.165) is 0 Å². The van der Waals surface area contributed by atoms with Crippen molar-refractivity contribution >= 4 is 23.2 Å². The Morgan fingerprint density at radius 3 is 2.70 bits per heavy atom. The second kappa shape index (κ2) is 6.10. The monoisotopic (exact) mass is 315 g/mol. The molecule has 0 aliphatic rings. The molecular weight excluding hydrogens is 301 g/mol. The molecule has 2 N–H and O–H groups in total. The van der Waals surface area contributed by atoms with Crippen LogP contribution in [-0.4, -0.2) is 31.6 Å². The summed E-state index contributed by atoms with van der Waals surface area (Å²) >= 11 is 12.1. The molecule has 1 aromatic carbocycles. The van der Waals surface area contributed by atoms with Crippen LogP contribution in [0.2, 0.25) is 10.0 Å². The summed E-state index contributed by atoms with van der Waals surface area (Å²) in [5.74, 6) is -0.439. The van der Waals surface area contributed by atoms with Crippen molar-refractivity contribution in [3.8, 4) is 0 Å². The molecule has 108 valence electrons. The van der Waals surface area contributed by atoms with Crippen molar-refractivity contribution in [3.05, 3.63) is 46.5 Å². The Balaban J connectivity index is 2.45. The standard InChI is InChI=1S/C13H15Cl2N3O2/c1-9(5-19)13(20,6-18-8-16-7-17-18)11-3-2-10(14)4-12(11)15/h2-4,7-9,19-20H,5-6H2,1H3/t9-,13?/m1/s1. The molecule has 1 aromatic heterocycles. The zero-order chi connectivity index (χ0) is 14.8. The minimum Gasteiger partial charge on any atom is -0.396 e. The lowest BCUT2D eigenvalue weighted by Gasteiger charge is -2.34. The van der Waals surface area contributed by atoms with Gasteiger partial charge in [0, 0.05) is 28.1 Å². The van der Waals surface area contributed by atoms with Gasteiger partial charge >= 0.3 is 0 Å². The van der Waals surface area contributed by atoms with Crippen LogP contribution >= 0.6 is 23.2 Å². The summed E-state index contributed by atoms with van der Waals surface area (Å²) in [7, 11) is 0. The first-order chi connectivity index (χ1) is 9.47. The molecule has 0 spiro atoms. The predicted octanol–water partition coefficient (Wildman–Crippen LogP) is 2.10. The van der Waals surface area contributed by atoms with Crippen LogP contribution in [0.5, 0.6) is 0 Å². The minimum atomic E-state index is -1.37. The van der Waals surface area contributed by atoms with E-state index in [1.54, 1.807) is 25.1 Å². The minimum absolute atomic E-state index is 0.135. The summed E-state index contributed by atoms with van der Waals surface area (Å²) in [6, 6.07) is 4.88. The van der Waals surface area contributed by atoms with Gasteiger partial charge in [-0.2, -0.15) is 5.10 Å². The Labute approximate surface area is 126 Å². The Bertz CT molecular complexity index is 577. The summed E-state index contributed by atoms with van der Waals surface area (Å²) in [5.41, 5.74) is -0.870. The molecule has 0 aliphatic heterocycles. The van der Waals surface area contributed by atoms with Crippen molar-refractivity contribution in [1.82, 2.24) is 14.8 Å². The number of halogens is 2. The van der Waals surface area contributed by atoms with E-state index in [2.05, 4.69) is 10.1 Å². The number of benzene rings is 1. The van der Waals surface area contributed by atoms with Crippen LogP contribution in [0, 0.1) is 5.92 Å². The lowest BCUT2D eigenvalue weighted by atomic mass is 9.82. The highest BCUT2D eigenvalue weighted by atomic mass is 35.5. The highest BCUT2D eigenvalue weighted by Gasteiger charge is 2.38. The molecule has 2 rings (SSSR count). The molecule has 0 fully saturated rings. The van der Waals surface area contributed by atoms with Gasteiger partial charge in [0.05, 0.1) is 6.54 Å². The third-order valence-corrected chi connectivity index (χ3v) is 3.90. The summed E-state index contributed by atoms with van der Waals surface area (Å²) < 4.78 is 1.50. The van der Waals surface area contributed by atoms with E-state index < -0.39 is 11.5 Å². The van der Waals surface area contributed by atoms with Gasteiger partial charge < -0.3 is 10.2 Å². The molecule has 0 bridgehead atoms. The van der Waals surface area contributed by atoms with E-state index in [9.17, 15) is 10.2 Å².